The normalized spacial score (nSPS) is 10.5. The lowest BCUT2D eigenvalue weighted by Gasteiger charge is -2.10. The third-order valence-corrected chi connectivity index (χ3v) is 4.01. The highest BCUT2D eigenvalue weighted by atomic mass is 19.1. The molecule has 0 saturated heterocycles. The van der Waals surface area contributed by atoms with E-state index in [0.717, 1.165) is 24.5 Å². The van der Waals surface area contributed by atoms with Crippen molar-refractivity contribution >= 4 is 11.4 Å². The zero-order chi connectivity index (χ0) is 17.7. The Bertz CT molecular complexity index is 601. The summed E-state index contributed by atoms with van der Waals surface area (Å²) in [5, 5.41) is 6.39. The van der Waals surface area contributed by atoms with Crippen LogP contribution in [0.4, 0.5) is 15.8 Å². The number of benzene rings is 2. The molecule has 0 spiro atoms. The van der Waals surface area contributed by atoms with E-state index in [9.17, 15) is 4.39 Å². The van der Waals surface area contributed by atoms with Gasteiger partial charge in [-0.05, 0) is 42.8 Å². The summed E-state index contributed by atoms with van der Waals surface area (Å²) >= 11 is 0. The first-order valence-electron chi connectivity index (χ1n) is 9.24. The van der Waals surface area contributed by atoms with Crippen LogP contribution < -0.4 is 15.4 Å². The summed E-state index contributed by atoms with van der Waals surface area (Å²) in [4.78, 5) is 0. The number of rotatable bonds is 12. The van der Waals surface area contributed by atoms with E-state index in [1.165, 1.54) is 31.7 Å². The summed E-state index contributed by atoms with van der Waals surface area (Å²) in [5.41, 5.74) is 1.57. The van der Waals surface area contributed by atoms with Gasteiger partial charge in [0.05, 0.1) is 12.3 Å². The molecule has 2 N–H and O–H groups in total. The van der Waals surface area contributed by atoms with Crippen LogP contribution in [0, 0.1) is 5.82 Å². The van der Waals surface area contributed by atoms with Crippen LogP contribution in [0.3, 0.4) is 0 Å². The van der Waals surface area contributed by atoms with Crippen molar-refractivity contribution in [2.24, 2.45) is 0 Å². The summed E-state index contributed by atoms with van der Waals surface area (Å²) < 4.78 is 19.2. The number of unbranched alkanes of at least 4 members (excludes halogenated alkanes) is 4. The molecule has 4 heteroatoms. The predicted molar refractivity (Wildman–Crippen MR) is 104 cm³/mol. The van der Waals surface area contributed by atoms with Gasteiger partial charge in [0.15, 0.2) is 0 Å². The largest absolute Gasteiger partial charge is 0.494 e. The highest BCUT2D eigenvalue weighted by molar-refractivity contribution is 5.47. The van der Waals surface area contributed by atoms with Crippen LogP contribution in [0.2, 0.25) is 0 Å². The van der Waals surface area contributed by atoms with Gasteiger partial charge in [-0.2, -0.15) is 0 Å². The zero-order valence-electron chi connectivity index (χ0n) is 15.1. The van der Waals surface area contributed by atoms with Crippen molar-refractivity contribution in [1.29, 1.82) is 0 Å². The van der Waals surface area contributed by atoms with Gasteiger partial charge in [-0.25, -0.2) is 4.39 Å². The Kier molecular flexibility index (Phi) is 8.67. The highest BCUT2D eigenvalue weighted by Crippen LogP contribution is 2.16. The molecular weight excluding hydrogens is 315 g/mol. The van der Waals surface area contributed by atoms with Crippen LogP contribution in [0.25, 0.3) is 0 Å². The molecule has 2 aromatic carbocycles. The van der Waals surface area contributed by atoms with Gasteiger partial charge in [-0.15, -0.1) is 0 Å². The molecule has 0 aromatic heterocycles. The maximum atomic E-state index is 13.5. The lowest BCUT2D eigenvalue weighted by Crippen LogP contribution is -2.14. The molecule has 3 nitrogen and oxygen atoms in total. The molecular formula is C21H29FN2O. The Morgan fingerprint density at radius 2 is 1.56 bits per heavy atom. The average Bonchev–Trinajstić information content (AvgIpc) is 2.64. The van der Waals surface area contributed by atoms with E-state index in [4.69, 9.17) is 4.74 Å². The first-order chi connectivity index (χ1) is 12.3. The minimum Gasteiger partial charge on any atom is -0.494 e. The van der Waals surface area contributed by atoms with Crippen molar-refractivity contribution in [2.45, 2.75) is 39.0 Å². The second kappa shape index (κ2) is 11.3. The summed E-state index contributed by atoms with van der Waals surface area (Å²) in [5.74, 6) is 0.684. The summed E-state index contributed by atoms with van der Waals surface area (Å²) in [6.07, 6.45) is 6.23. The number of nitrogens with one attached hydrogen (secondary N) is 2. The molecule has 0 heterocycles. The monoisotopic (exact) mass is 344 g/mol. The van der Waals surface area contributed by atoms with Crippen molar-refractivity contribution in [3.63, 3.8) is 0 Å². The minimum atomic E-state index is -0.223. The topological polar surface area (TPSA) is 33.3 Å². The number of hydrogen-bond donors (Lipinski definition) is 2. The Hall–Kier alpha value is -2.23. The molecule has 2 aromatic rings. The summed E-state index contributed by atoms with van der Waals surface area (Å²) in [6, 6.07) is 14.7. The standard InChI is InChI=1S/C21H29FN2O/c1-2-3-4-5-8-17-25-19-13-11-18(12-14-19)23-15-16-24-21-10-7-6-9-20(21)22/h6-7,9-14,23-24H,2-5,8,15-17H2,1H3. The van der Waals surface area contributed by atoms with Gasteiger partial charge in [0.1, 0.15) is 11.6 Å². The van der Waals surface area contributed by atoms with Gasteiger partial charge in [0.25, 0.3) is 0 Å². The number of halogens is 1. The SMILES string of the molecule is CCCCCCCOc1ccc(NCCNc2ccccc2F)cc1. The lowest BCUT2D eigenvalue weighted by molar-refractivity contribution is 0.304. The molecule has 0 saturated carbocycles. The smallest absolute Gasteiger partial charge is 0.146 e. The second-order valence-corrected chi connectivity index (χ2v) is 6.12. The van der Waals surface area contributed by atoms with E-state index in [0.29, 0.717) is 18.8 Å². The Labute approximate surface area is 150 Å². The minimum absolute atomic E-state index is 0.223. The van der Waals surface area contributed by atoms with E-state index in [-0.39, 0.29) is 5.82 Å². The van der Waals surface area contributed by atoms with Crippen LogP contribution in [0.1, 0.15) is 39.0 Å². The molecule has 0 aliphatic heterocycles. The molecule has 0 radical (unpaired) electrons. The maximum absolute atomic E-state index is 13.5. The average molecular weight is 344 g/mol. The van der Waals surface area contributed by atoms with E-state index < -0.39 is 0 Å². The van der Waals surface area contributed by atoms with Gasteiger partial charge in [-0.3, -0.25) is 0 Å². The Morgan fingerprint density at radius 1 is 0.840 bits per heavy atom. The number of para-hydroxylation sites is 1. The van der Waals surface area contributed by atoms with Gasteiger partial charge in [0, 0.05) is 18.8 Å². The van der Waals surface area contributed by atoms with Gasteiger partial charge < -0.3 is 15.4 Å². The molecule has 25 heavy (non-hydrogen) atoms. The first-order valence-corrected chi connectivity index (χ1v) is 9.24. The van der Waals surface area contributed by atoms with Crippen molar-refractivity contribution in [2.75, 3.05) is 30.3 Å². The van der Waals surface area contributed by atoms with Crippen LogP contribution in [0.15, 0.2) is 48.5 Å². The molecule has 2 rings (SSSR count). The Morgan fingerprint density at radius 3 is 2.32 bits per heavy atom. The van der Waals surface area contributed by atoms with Crippen molar-refractivity contribution < 1.29 is 9.13 Å². The second-order valence-electron chi connectivity index (χ2n) is 6.12. The number of ether oxygens (including phenoxy) is 1. The third kappa shape index (κ3) is 7.46. The van der Waals surface area contributed by atoms with E-state index in [1.54, 1.807) is 12.1 Å². The molecule has 0 unspecified atom stereocenters. The molecule has 136 valence electrons. The van der Waals surface area contributed by atoms with Crippen LogP contribution >= 0.6 is 0 Å². The molecule has 0 bridgehead atoms. The lowest BCUT2D eigenvalue weighted by atomic mass is 10.2. The van der Waals surface area contributed by atoms with E-state index in [2.05, 4.69) is 17.6 Å². The van der Waals surface area contributed by atoms with Crippen molar-refractivity contribution in [3.8, 4) is 5.75 Å². The zero-order valence-corrected chi connectivity index (χ0v) is 15.1. The van der Waals surface area contributed by atoms with E-state index in [1.807, 2.05) is 30.3 Å². The number of anilines is 2. The van der Waals surface area contributed by atoms with Crippen LogP contribution in [-0.2, 0) is 0 Å². The summed E-state index contributed by atoms with van der Waals surface area (Å²) in [6.45, 7) is 4.37. The molecule has 0 aliphatic rings. The van der Waals surface area contributed by atoms with E-state index >= 15 is 0 Å². The predicted octanol–water partition coefficient (Wildman–Crippen LogP) is 5.70. The maximum Gasteiger partial charge on any atom is 0.146 e. The quantitative estimate of drug-likeness (QED) is 0.485. The molecule has 0 amide bonds. The van der Waals surface area contributed by atoms with Crippen LogP contribution in [0.5, 0.6) is 5.75 Å². The fraction of sp³-hybridized carbons (Fsp3) is 0.429. The molecule has 0 fully saturated rings. The first kappa shape index (κ1) is 19.1. The fourth-order valence-electron chi connectivity index (χ4n) is 2.57. The molecule has 0 aliphatic carbocycles. The third-order valence-electron chi connectivity index (χ3n) is 4.01. The Balaban J connectivity index is 1.61. The fourth-order valence-corrected chi connectivity index (χ4v) is 2.57. The van der Waals surface area contributed by atoms with Gasteiger partial charge in [0.2, 0.25) is 0 Å². The van der Waals surface area contributed by atoms with Crippen molar-refractivity contribution in [1.82, 2.24) is 0 Å². The number of hydrogen-bond acceptors (Lipinski definition) is 3. The van der Waals surface area contributed by atoms with Gasteiger partial charge >= 0.3 is 0 Å². The summed E-state index contributed by atoms with van der Waals surface area (Å²) in [7, 11) is 0. The molecule has 0 atom stereocenters. The van der Waals surface area contributed by atoms with Gasteiger partial charge in [-0.1, -0.05) is 44.7 Å². The van der Waals surface area contributed by atoms with Crippen molar-refractivity contribution in [3.05, 3.63) is 54.3 Å². The van der Waals surface area contributed by atoms with Crippen LogP contribution in [-0.4, -0.2) is 19.7 Å². The highest BCUT2D eigenvalue weighted by Gasteiger charge is 1.99.